The predicted octanol–water partition coefficient (Wildman–Crippen LogP) is 6.99. The summed E-state index contributed by atoms with van der Waals surface area (Å²) in [6, 6.07) is 4.49. The number of fused-ring (bicyclic) bond motifs is 5. The monoisotopic (exact) mass is 446 g/mol. The van der Waals surface area contributed by atoms with Gasteiger partial charge in [-0.1, -0.05) is 6.92 Å². The molecule has 1 aromatic rings. The van der Waals surface area contributed by atoms with Crippen LogP contribution >= 0.6 is 0 Å². The Morgan fingerprint density at radius 2 is 1.67 bits per heavy atom. The van der Waals surface area contributed by atoms with E-state index in [1.54, 1.807) is 0 Å². The van der Waals surface area contributed by atoms with Crippen LogP contribution in [0.2, 0.25) is 39.3 Å². The largest absolute Gasteiger partial charge is 0.544 e. The SMILES string of the molecule is COc1cc(O[Si](C)(C)C)cc2c1[C@H]1CC[C@]3(C)[C@@H](O[Si](C)(C)C)CC[C@H]3[C@@H]1CC2. The summed E-state index contributed by atoms with van der Waals surface area (Å²) in [5, 5.41) is 0. The molecule has 0 radical (unpaired) electrons. The van der Waals surface area contributed by atoms with Crippen LogP contribution in [-0.4, -0.2) is 29.8 Å². The highest BCUT2D eigenvalue weighted by atomic mass is 28.4. The molecular weight excluding hydrogens is 404 g/mol. The molecule has 0 bridgehead atoms. The molecule has 2 fully saturated rings. The third kappa shape index (κ3) is 4.14. The van der Waals surface area contributed by atoms with Crippen LogP contribution in [0, 0.1) is 17.3 Å². The minimum absolute atomic E-state index is 0.354. The topological polar surface area (TPSA) is 27.7 Å². The lowest BCUT2D eigenvalue weighted by molar-refractivity contribution is -0.0144. The molecule has 168 valence electrons. The molecule has 3 aliphatic carbocycles. The fraction of sp³-hybridized carbons (Fsp3) is 0.760. The van der Waals surface area contributed by atoms with E-state index in [-0.39, 0.29) is 0 Å². The van der Waals surface area contributed by atoms with E-state index < -0.39 is 16.6 Å². The molecule has 0 heterocycles. The summed E-state index contributed by atoms with van der Waals surface area (Å²) in [4.78, 5) is 0. The number of hydrogen-bond acceptors (Lipinski definition) is 3. The average molecular weight is 447 g/mol. The quantitative estimate of drug-likeness (QED) is 0.456. The molecule has 5 heteroatoms. The second-order valence-corrected chi connectivity index (χ2v) is 21.1. The van der Waals surface area contributed by atoms with Crippen molar-refractivity contribution in [3.05, 3.63) is 23.3 Å². The van der Waals surface area contributed by atoms with Crippen molar-refractivity contribution in [2.75, 3.05) is 7.11 Å². The van der Waals surface area contributed by atoms with E-state index in [1.807, 2.05) is 7.11 Å². The summed E-state index contributed by atoms with van der Waals surface area (Å²) < 4.78 is 19.0. The molecule has 0 unspecified atom stereocenters. The zero-order valence-corrected chi connectivity index (χ0v) is 22.4. The molecule has 0 aliphatic heterocycles. The van der Waals surface area contributed by atoms with Crippen molar-refractivity contribution < 1.29 is 13.6 Å². The van der Waals surface area contributed by atoms with Gasteiger partial charge in [0.05, 0.1) is 13.2 Å². The molecule has 0 saturated heterocycles. The van der Waals surface area contributed by atoms with Gasteiger partial charge in [-0.05, 0) is 113 Å². The van der Waals surface area contributed by atoms with Gasteiger partial charge in [-0.3, -0.25) is 0 Å². The van der Waals surface area contributed by atoms with Crippen LogP contribution in [0.4, 0.5) is 0 Å². The minimum Gasteiger partial charge on any atom is -0.544 e. The third-order valence-corrected chi connectivity index (χ3v) is 9.65. The van der Waals surface area contributed by atoms with Gasteiger partial charge in [0.15, 0.2) is 8.32 Å². The first-order valence-electron chi connectivity index (χ1n) is 12.0. The van der Waals surface area contributed by atoms with E-state index in [0.717, 1.165) is 29.8 Å². The second-order valence-electron chi connectivity index (χ2n) is 12.2. The smallest absolute Gasteiger partial charge is 0.242 e. The normalized spacial score (nSPS) is 33.5. The lowest BCUT2D eigenvalue weighted by Gasteiger charge is -2.51. The van der Waals surface area contributed by atoms with E-state index in [4.69, 9.17) is 13.6 Å². The van der Waals surface area contributed by atoms with Gasteiger partial charge in [-0.15, -0.1) is 0 Å². The molecule has 5 atom stereocenters. The predicted molar refractivity (Wildman–Crippen MR) is 130 cm³/mol. The maximum absolute atomic E-state index is 6.73. The summed E-state index contributed by atoms with van der Waals surface area (Å²) in [5.41, 5.74) is 3.32. The maximum Gasteiger partial charge on any atom is 0.242 e. The Morgan fingerprint density at radius 3 is 2.30 bits per heavy atom. The molecule has 0 spiro atoms. The second kappa shape index (κ2) is 7.66. The van der Waals surface area contributed by atoms with E-state index in [9.17, 15) is 0 Å². The highest BCUT2D eigenvalue weighted by Gasteiger charge is 2.56. The van der Waals surface area contributed by atoms with Crippen LogP contribution in [0.3, 0.4) is 0 Å². The van der Waals surface area contributed by atoms with Crippen molar-refractivity contribution in [3.63, 3.8) is 0 Å². The summed E-state index contributed by atoms with van der Waals surface area (Å²) in [5.74, 6) is 4.26. The van der Waals surface area contributed by atoms with Crippen molar-refractivity contribution in [3.8, 4) is 11.5 Å². The zero-order chi connectivity index (χ0) is 21.9. The molecular formula is C25H42O3Si2. The van der Waals surface area contributed by atoms with Crippen molar-refractivity contribution in [1.29, 1.82) is 0 Å². The summed E-state index contributed by atoms with van der Waals surface area (Å²) in [6.07, 6.45) is 8.05. The first-order valence-corrected chi connectivity index (χ1v) is 18.8. The van der Waals surface area contributed by atoms with Gasteiger partial charge in [0.1, 0.15) is 11.5 Å². The highest BCUT2D eigenvalue weighted by molar-refractivity contribution is 6.70. The van der Waals surface area contributed by atoms with Gasteiger partial charge in [-0.25, -0.2) is 0 Å². The zero-order valence-electron chi connectivity index (χ0n) is 20.4. The summed E-state index contributed by atoms with van der Waals surface area (Å²) in [7, 11) is -1.32. The highest BCUT2D eigenvalue weighted by Crippen LogP contribution is 2.62. The summed E-state index contributed by atoms with van der Waals surface area (Å²) in [6.45, 7) is 16.3. The van der Waals surface area contributed by atoms with Gasteiger partial charge in [0.25, 0.3) is 0 Å². The van der Waals surface area contributed by atoms with E-state index in [1.165, 1.54) is 43.2 Å². The Morgan fingerprint density at radius 1 is 0.933 bits per heavy atom. The van der Waals surface area contributed by atoms with Gasteiger partial charge >= 0.3 is 0 Å². The number of aryl methyl sites for hydroxylation is 1. The standard InChI is InChI=1S/C25H42O3Si2/c1-25-14-13-20-19(21(25)11-12-23(25)28-30(6,7)8)10-9-17-15-18(27-29(3,4)5)16-22(26-2)24(17)20/h15-16,19-21,23H,9-14H2,1-8H3/t19-,20+,21+,23+,25+/m1/s1. The Labute approximate surface area is 186 Å². The average Bonchev–Trinajstić information content (AvgIpc) is 2.94. The van der Waals surface area contributed by atoms with Crippen molar-refractivity contribution in [1.82, 2.24) is 0 Å². The molecule has 0 N–H and O–H groups in total. The van der Waals surface area contributed by atoms with E-state index >= 15 is 0 Å². The maximum atomic E-state index is 6.73. The molecule has 30 heavy (non-hydrogen) atoms. The number of hydrogen-bond donors (Lipinski definition) is 0. The van der Waals surface area contributed by atoms with Gasteiger partial charge in [0, 0.05) is 11.6 Å². The van der Waals surface area contributed by atoms with Crippen molar-refractivity contribution in [2.45, 2.75) is 96.8 Å². The van der Waals surface area contributed by atoms with Gasteiger partial charge in [0.2, 0.25) is 8.32 Å². The Bertz CT molecular complexity index is 778. The number of ether oxygens (including phenoxy) is 1. The summed E-state index contributed by atoms with van der Waals surface area (Å²) >= 11 is 0. The van der Waals surface area contributed by atoms with Gasteiger partial charge in [-0.2, -0.15) is 0 Å². The van der Waals surface area contributed by atoms with E-state index in [2.05, 4.69) is 58.3 Å². The third-order valence-electron chi connectivity index (χ3n) is 7.81. The van der Waals surface area contributed by atoms with Gasteiger partial charge < -0.3 is 13.6 Å². The van der Waals surface area contributed by atoms with Crippen molar-refractivity contribution >= 4 is 16.6 Å². The molecule has 3 nitrogen and oxygen atoms in total. The van der Waals surface area contributed by atoms with Crippen LogP contribution in [0.15, 0.2) is 12.1 Å². The molecule has 0 amide bonds. The number of rotatable bonds is 5. The Balaban J connectivity index is 1.63. The van der Waals surface area contributed by atoms with Crippen LogP contribution in [0.5, 0.6) is 11.5 Å². The van der Waals surface area contributed by atoms with Crippen molar-refractivity contribution in [2.24, 2.45) is 17.3 Å². The lowest BCUT2D eigenvalue weighted by atomic mass is 9.55. The van der Waals surface area contributed by atoms with E-state index in [0.29, 0.717) is 17.4 Å². The first kappa shape index (κ1) is 22.4. The Kier molecular flexibility index (Phi) is 5.72. The number of benzene rings is 1. The van der Waals surface area contributed by atoms with Crippen LogP contribution in [0.25, 0.3) is 0 Å². The first-order chi connectivity index (χ1) is 13.9. The molecule has 2 saturated carbocycles. The number of methoxy groups -OCH3 is 1. The fourth-order valence-electron chi connectivity index (χ4n) is 6.81. The van der Waals surface area contributed by atoms with Crippen LogP contribution in [-0.2, 0) is 10.8 Å². The van der Waals surface area contributed by atoms with Crippen LogP contribution in [0.1, 0.15) is 56.1 Å². The Hall–Kier alpha value is -0.786. The molecule has 1 aromatic carbocycles. The molecule has 4 rings (SSSR count). The fourth-order valence-corrected chi connectivity index (χ4v) is 8.87. The molecule has 3 aliphatic rings. The van der Waals surface area contributed by atoms with Crippen LogP contribution < -0.4 is 9.16 Å². The molecule has 0 aromatic heterocycles. The lowest BCUT2D eigenvalue weighted by Crippen LogP contribution is -2.47. The minimum atomic E-state index is -1.63.